The van der Waals surface area contributed by atoms with Crippen molar-refractivity contribution in [2.75, 3.05) is 6.54 Å². The molecular formula is C11H17NO3. The average Bonchev–Trinajstić information content (AvgIpc) is 2.76. The van der Waals surface area contributed by atoms with E-state index in [1.165, 1.54) is 20.3 Å². The maximum absolute atomic E-state index is 12.0. The molecule has 2 fully saturated rings. The Kier molecular flexibility index (Phi) is 2.24. The molecule has 0 spiro atoms. The van der Waals surface area contributed by atoms with Crippen LogP contribution in [0.4, 0.5) is 0 Å². The summed E-state index contributed by atoms with van der Waals surface area (Å²) in [6, 6.07) is 0.307. The number of carbonyl (C=O) groups is 2. The van der Waals surface area contributed by atoms with Gasteiger partial charge in [0.05, 0.1) is 0 Å². The monoisotopic (exact) mass is 211 g/mol. The van der Waals surface area contributed by atoms with Crippen molar-refractivity contribution >= 4 is 11.9 Å². The highest BCUT2D eigenvalue weighted by molar-refractivity contribution is 6.01. The summed E-state index contributed by atoms with van der Waals surface area (Å²) in [4.78, 5) is 24.8. The third-order valence-electron chi connectivity index (χ3n) is 3.74. The number of likely N-dealkylation sites (tertiary alicyclic amines) is 1. The van der Waals surface area contributed by atoms with E-state index in [-0.39, 0.29) is 5.91 Å². The van der Waals surface area contributed by atoms with Crippen LogP contribution in [0.5, 0.6) is 0 Å². The lowest BCUT2D eigenvalue weighted by Gasteiger charge is -2.32. The molecule has 0 aromatic carbocycles. The van der Waals surface area contributed by atoms with E-state index in [0.29, 0.717) is 12.0 Å². The predicted octanol–water partition coefficient (Wildman–Crippen LogP) is 1.11. The van der Waals surface area contributed by atoms with Crippen molar-refractivity contribution in [2.45, 2.75) is 39.2 Å². The van der Waals surface area contributed by atoms with Crippen molar-refractivity contribution in [3.05, 3.63) is 0 Å². The van der Waals surface area contributed by atoms with Crippen molar-refractivity contribution in [3.8, 4) is 0 Å². The van der Waals surface area contributed by atoms with Gasteiger partial charge in [0.1, 0.15) is 5.41 Å². The summed E-state index contributed by atoms with van der Waals surface area (Å²) in [5.41, 5.74) is -1.27. The summed E-state index contributed by atoms with van der Waals surface area (Å²) < 4.78 is 0. The second-order valence-corrected chi connectivity index (χ2v) is 5.22. The first-order chi connectivity index (χ1) is 6.93. The number of carboxylic acid groups (broad SMARTS) is 1. The number of hydrogen-bond donors (Lipinski definition) is 1. The third-order valence-corrected chi connectivity index (χ3v) is 3.74. The number of fused-ring (bicyclic) bond motifs is 2. The van der Waals surface area contributed by atoms with Gasteiger partial charge in [0, 0.05) is 12.6 Å². The summed E-state index contributed by atoms with van der Waals surface area (Å²) in [6.45, 7) is 3.74. The van der Waals surface area contributed by atoms with E-state index in [2.05, 4.69) is 0 Å². The Morgan fingerprint density at radius 3 is 2.40 bits per heavy atom. The van der Waals surface area contributed by atoms with Crippen LogP contribution < -0.4 is 0 Å². The number of nitrogens with zero attached hydrogens (tertiary/aromatic N) is 1. The molecule has 2 rings (SSSR count). The van der Waals surface area contributed by atoms with Gasteiger partial charge in [0.25, 0.3) is 0 Å². The summed E-state index contributed by atoms with van der Waals surface area (Å²) in [6.07, 6.45) is 3.31. The third kappa shape index (κ3) is 1.52. The largest absolute Gasteiger partial charge is 0.480 e. The highest BCUT2D eigenvalue weighted by Crippen LogP contribution is 2.39. The Morgan fingerprint density at radius 1 is 1.33 bits per heavy atom. The van der Waals surface area contributed by atoms with Crippen LogP contribution >= 0.6 is 0 Å². The number of rotatable bonds is 2. The van der Waals surface area contributed by atoms with Crippen molar-refractivity contribution in [3.63, 3.8) is 0 Å². The van der Waals surface area contributed by atoms with Crippen molar-refractivity contribution in [1.29, 1.82) is 0 Å². The molecule has 4 heteroatoms. The van der Waals surface area contributed by atoms with Crippen LogP contribution in [0.25, 0.3) is 0 Å². The molecule has 2 atom stereocenters. The minimum atomic E-state index is -1.27. The van der Waals surface area contributed by atoms with Crippen LogP contribution in [0, 0.1) is 11.3 Å². The molecule has 2 unspecified atom stereocenters. The first-order valence-electron chi connectivity index (χ1n) is 5.47. The molecular weight excluding hydrogens is 194 g/mol. The highest BCUT2D eigenvalue weighted by Gasteiger charge is 2.47. The maximum Gasteiger partial charge on any atom is 0.318 e. The number of carbonyl (C=O) groups excluding carboxylic acids is 1. The second-order valence-electron chi connectivity index (χ2n) is 5.22. The van der Waals surface area contributed by atoms with Gasteiger partial charge in [-0.1, -0.05) is 0 Å². The highest BCUT2D eigenvalue weighted by atomic mass is 16.4. The van der Waals surface area contributed by atoms with Crippen LogP contribution in [-0.4, -0.2) is 34.5 Å². The Bertz CT molecular complexity index is 311. The molecule has 0 aromatic rings. The molecule has 1 saturated carbocycles. The molecule has 1 saturated heterocycles. The van der Waals surface area contributed by atoms with Crippen LogP contribution in [0.15, 0.2) is 0 Å². The van der Waals surface area contributed by atoms with Gasteiger partial charge in [-0.15, -0.1) is 0 Å². The fourth-order valence-electron chi connectivity index (χ4n) is 2.62. The number of carboxylic acids is 1. The normalized spacial score (nSPS) is 29.6. The molecule has 15 heavy (non-hydrogen) atoms. The van der Waals surface area contributed by atoms with Gasteiger partial charge < -0.3 is 10.0 Å². The Hall–Kier alpha value is -1.06. The summed E-state index contributed by atoms with van der Waals surface area (Å²) in [7, 11) is 0. The molecule has 0 aromatic heterocycles. The van der Waals surface area contributed by atoms with Crippen molar-refractivity contribution in [1.82, 2.24) is 4.90 Å². The first kappa shape index (κ1) is 10.5. The Balaban J connectivity index is 2.12. The first-order valence-corrected chi connectivity index (χ1v) is 5.47. The zero-order valence-corrected chi connectivity index (χ0v) is 9.19. The molecule has 1 amide bonds. The fraction of sp³-hybridized carbons (Fsp3) is 0.818. The molecule has 0 radical (unpaired) electrons. The van der Waals surface area contributed by atoms with Crippen LogP contribution in [0.1, 0.15) is 33.1 Å². The van der Waals surface area contributed by atoms with Crippen molar-refractivity contribution < 1.29 is 14.7 Å². The predicted molar refractivity (Wildman–Crippen MR) is 54.3 cm³/mol. The molecule has 84 valence electrons. The molecule has 1 aliphatic carbocycles. The van der Waals surface area contributed by atoms with Crippen LogP contribution in [0.2, 0.25) is 0 Å². The molecule has 2 bridgehead atoms. The van der Waals surface area contributed by atoms with E-state index < -0.39 is 11.4 Å². The minimum absolute atomic E-state index is 0.220. The van der Waals surface area contributed by atoms with Crippen molar-refractivity contribution in [2.24, 2.45) is 11.3 Å². The average molecular weight is 211 g/mol. The van der Waals surface area contributed by atoms with E-state index in [4.69, 9.17) is 5.11 Å². The smallest absolute Gasteiger partial charge is 0.318 e. The maximum atomic E-state index is 12.0. The zero-order chi connectivity index (χ0) is 11.2. The second kappa shape index (κ2) is 3.22. The van der Waals surface area contributed by atoms with Gasteiger partial charge in [-0.2, -0.15) is 0 Å². The van der Waals surface area contributed by atoms with Gasteiger partial charge in [-0.3, -0.25) is 9.59 Å². The lowest BCUT2D eigenvalue weighted by molar-refractivity contribution is -0.159. The van der Waals surface area contributed by atoms with Crippen LogP contribution in [0.3, 0.4) is 0 Å². The summed E-state index contributed by atoms with van der Waals surface area (Å²) >= 11 is 0. The van der Waals surface area contributed by atoms with E-state index in [1.807, 2.05) is 0 Å². The quantitative estimate of drug-likeness (QED) is 0.696. The van der Waals surface area contributed by atoms with E-state index >= 15 is 0 Å². The summed E-state index contributed by atoms with van der Waals surface area (Å²) in [5.74, 6) is -0.638. The molecule has 2 aliphatic rings. The number of piperidine rings is 1. The summed E-state index contributed by atoms with van der Waals surface area (Å²) in [5, 5.41) is 8.99. The SMILES string of the molecule is CC(C)(C(=O)O)C(=O)N1CC2CCC1C2. The van der Waals surface area contributed by atoms with Crippen LogP contribution in [-0.2, 0) is 9.59 Å². The topological polar surface area (TPSA) is 57.6 Å². The molecule has 4 nitrogen and oxygen atoms in total. The van der Waals surface area contributed by atoms with E-state index in [9.17, 15) is 9.59 Å². The number of amides is 1. The standard InChI is InChI=1S/C11H17NO3/c1-11(2,10(14)15)9(13)12-6-7-3-4-8(12)5-7/h7-8H,3-6H2,1-2H3,(H,14,15). The van der Waals surface area contributed by atoms with E-state index in [1.54, 1.807) is 4.90 Å². The Morgan fingerprint density at radius 2 is 2.00 bits per heavy atom. The van der Waals surface area contributed by atoms with Gasteiger partial charge in [0.15, 0.2) is 0 Å². The van der Waals surface area contributed by atoms with Gasteiger partial charge in [-0.25, -0.2) is 0 Å². The van der Waals surface area contributed by atoms with E-state index in [0.717, 1.165) is 19.4 Å². The molecule has 1 heterocycles. The molecule has 1 aliphatic heterocycles. The lowest BCUT2D eigenvalue weighted by atomic mass is 9.91. The minimum Gasteiger partial charge on any atom is -0.480 e. The number of aliphatic carboxylic acids is 1. The van der Waals surface area contributed by atoms with Gasteiger partial charge in [0.2, 0.25) is 5.91 Å². The molecule has 1 N–H and O–H groups in total. The lowest BCUT2D eigenvalue weighted by Crippen LogP contribution is -2.48. The fourth-order valence-corrected chi connectivity index (χ4v) is 2.62. The van der Waals surface area contributed by atoms with Gasteiger partial charge >= 0.3 is 5.97 Å². The van der Waals surface area contributed by atoms with Gasteiger partial charge in [-0.05, 0) is 39.0 Å². The Labute approximate surface area is 89.3 Å². The number of hydrogen-bond acceptors (Lipinski definition) is 2. The zero-order valence-electron chi connectivity index (χ0n) is 9.19.